The quantitative estimate of drug-likeness (QED) is 0.652. The van der Waals surface area contributed by atoms with Crippen LogP contribution in [0.2, 0.25) is 0 Å². The average molecular weight is 233 g/mol. The van der Waals surface area contributed by atoms with Gasteiger partial charge in [-0.15, -0.1) is 5.06 Å². The maximum Gasteiger partial charge on any atom is 0.437 e. The zero-order chi connectivity index (χ0) is 12.2. The van der Waals surface area contributed by atoms with E-state index < -0.39 is 17.8 Å². The Hall–Kier alpha value is -1.34. The molecule has 0 saturated carbocycles. The van der Waals surface area contributed by atoms with Gasteiger partial charge in [-0.25, -0.2) is 9.59 Å². The zero-order valence-electron chi connectivity index (χ0n) is 9.52. The Morgan fingerprint density at radius 2 is 2.12 bits per heavy atom. The predicted molar refractivity (Wildman–Crippen MR) is 51.2 cm³/mol. The van der Waals surface area contributed by atoms with Crippen LogP contribution in [0.4, 0.5) is 4.79 Å². The Labute approximate surface area is 93.1 Å². The minimum absolute atomic E-state index is 0.180. The molecule has 92 valence electrons. The monoisotopic (exact) mass is 233 g/mol. The van der Waals surface area contributed by atoms with Crippen molar-refractivity contribution in [2.45, 2.75) is 19.1 Å². The number of hydrogen-bond donors (Lipinski definition) is 0. The Balaban J connectivity index is 2.90. The van der Waals surface area contributed by atoms with Crippen LogP contribution in [-0.4, -0.2) is 50.3 Å². The van der Waals surface area contributed by atoms with Crippen LogP contribution < -0.4 is 0 Å². The molecule has 1 heterocycles. The number of ether oxygens (including phenoxy) is 3. The smallest absolute Gasteiger partial charge is 0.437 e. The number of nitrogens with zero attached hydrogens (tertiary/aromatic N) is 1. The molecule has 16 heavy (non-hydrogen) atoms. The molecular weight excluding hydrogens is 218 g/mol. The number of hydroxylamine groups is 2. The van der Waals surface area contributed by atoms with Crippen LogP contribution in [0.3, 0.4) is 0 Å². The van der Waals surface area contributed by atoms with E-state index in [1.807, 2.05) is 0 Å². The Bertz CT molecular complexity index is 281. The lowest BCUT2D eigenvalue weighted by molar-refractivity contribution is -0.232. The molecule has 0 aromatic carbocycles. The van der Waals surface area contributed by atoms with Crippen LogP contribution in [0.1, 0.15) is 13.3 Å². The highest BCUT2D eigenvalue weighted by Crippen LogP contribution is 2.30. The van der Waals surface area contributed by atoms with Crippen molar-refractivity contribution >= 4 is 12.1 Å². The lowest BCUT2D eigenvalue weighted by Gasteiger charge is -2.30. The van der Waals surface area contributed by atoms with Gasteiger partial charge in [0.05, 0.1) is 20.3 Å². The first-order valence-corrected chi connectivity index (χ1v) is 4.85. The van der Waals surface area contributed by atoms with Crippen molar-refractivity contribution in [3.8, 4) is 0 Å². The molecule has 0 spiro atoms. The first-order valence-electron chi connectivity index (χ1n) is 4.85. The molecule has 7 heteroatoms. The summed E-state index contributed by atoms with van der Waals surface area (Å²) >= 11 is 0. The fraction of sp³-hybridized carbons (Fsp3) is 0.778. The second-order valence-electron chi connectivity index (χ2n) is 3.06. The topological polar surface area (TPSA) is 74.3 Å². The number of rotatable bonds is 3. The lowest BCUT2D eigenvalue weighted by Crippen LogP contribution is -2.54. The molecule has 1 aliphatic heterocycles. The molecule has 1 unspecified atom stereocenters. The molecule has 1 aliphatic rings. The van der Waals surface area contributed by atoms with Gasteiger partial charge in [0.2, 0.25) is 0 Å². The Morgan fingerprint density at radius 1 is 1.44 bits per heavy atom. The van der Waals surface area contributed by atoms with Gasteiger partial charge in [0, 0.05) is 13.5 Å². The summed E-state index contributed by atoms with van der Waals surface area (Å²) in [5.41, 5.74) is -1.54. The van der Waals surface area contributed by atoms with Gasteiger partial charge in [0.1, 0.15) is 0 Å². The van der Waals surface area contributed by atoms with Gasteiger partial charge in [-0.3, -0.25) is 4.84 Å². The molecule has 0 N–H and O–H groups in total. The SMILES string of the molecule is CCOC(=O)N1OCCC1(OC)C(=O)OC. The van der Waals surface area contributed by atoms with E-state index in [0.717, 1.165) is 5.06 Å². The van der Waals surface area contributed by atoms with Gasteiger partial charge in [-0.05, 0) is 6.92 Å². The summed E-state index contributed by atoms with van der Waals surface area (Å²) in [5.74, 6) is -0.694. The minimum Gasteiger partial charge on any atom is -0.465 e. The van der Waals surface area contributed by atoms with Crippen LogP contribution >= 0.6 is 0 Å². The standard InChI is InChI=1S/C9H15NO6/c1-4-15-8(12)10-9(14-3,5-6-16-10)7(11)13-2/h4-6H2,1-3H3. The second-order valence-corrected chi connectivity index (χ2v) is 3.06. The number of hydrogen-bond acceptors (Lipinski definition) is 6. The highest BCUT2D eigenvalue weighted by atomic mass is 16.8. The maximum atomic E-state index is 11.6. The number of amides is 1. The summed E-state index contributed by atoms with van der Waals surface area (Å²) in [4.78, 5) is 28.2. The van der Waals surface area contributed by atoms with Crippen LogP contribution in [0.25, 0.3) is 0 Å². The molecule has 0 aliphatic carbocycles. The fourth-order valence-corrected chi connectivity index (χ4v) is 1.48. The van der Waals surface area contributed by atoms with Crippen LogP contribution in [0.15, 0.2) is 0 Å². The van der Waals surface area contributed by atoms with Crippen molar-refractivity contribution in [1.82, 2.24) is 5.06 Å². The largest absolute Gasteiger partial charge is 0.465 e. The average Bonchev–Trinajstić information content (AvgIpc) is 2.73. The summed E-state index contributed by atoms with van der Waals surface area (Å²) in [6.07, 6.45) is -0.568. The van der Waals surface area contributed by atoms with E-state index in [1.165, 1.54) is 14.2 Å². The van der Waals surface area contributed by atoms with Crippen molar-refractivity contribution in [1.29, 1.82) is 0 Å². The van der Waals surface area contributed by atoms with Crippen LogP contribution in [-0.2, 0) is 23.8 Å². The van der Waals surface area contributed by atoms with E-state index in [0.29, 0.717) is 0 Å². The zero-order valence-corrected chi connectivity index (χ0v) is 9.52. The van der Waals surface area contributed by atoms with Gasteiger partial charge in [0.15, 0.2) is 0 Å². The Morgan fingerprint density at radius 3 is 2.62 bits per heavy atom. The highest BCUT2D eigenvalue weighted by molar-refractivity contribution is 5.84. The first kappa shape index (κ1) is 12.7. The van der Waals surface area contributed by atoms with Gasteiger partial charge >= 0.3 is 12.1 Å². The molecule has 0 aromatic rings. The van der Waals surface area contributed by atoms with E-state index in [2.05, 4.69) is 4.74 Å². The van der Waals surface area contributed by atoms with Gasteiger partial charge in [0.25, 0.3) is 5.72 Å². The maximum absolute atomic E-state index is 11.6. The summed E-state index contributed by atoms with van der Waals surface area (Å²) in [6.45, 7) is 2.02. The van der Waals surface area contributed by atoms with E-state index >= 15 is 0 Å². The number of esters is 1. The van der Waals surface area contributed by atoms with Gasteiger partial charge < -0.3 is 14.2 Å². The summed E-state index contributed by atoms with van der Waals surface area (Å²) in [6, 6.07) is 0. The third kappa shape index (κ3) is 1.96. The number of carbonyl (C=O) groups is 2. The van der Waals surface area contributed by atoms with Crippen molar-refractivity contribution in [2.24, 2.45) is 0 Å². The molecule has 1 fully saturated rings. The molecule has 1 amide bonds. The normalized spacial score (nSPS) is 24.3. The lowest BCUT2D eigenvalue weighted by atomic mass is 10.1. The number of methoxy groups -OCH3 is 2. The van der Waals surface area contributed by atoms with E-state index in [4.69, 9.17) is 14.3 Å². The third-order valence-electron chi connectivity index (χ3n) is 2.27. The van der Waals surface area contributed by atoms with E-state index in [9.17, 15) is 9.59 Å². The molecule has 1 rings (SSSR count). The molecule has 7 nitrogen and oxygen atoms in total. The second kappa shape index (κ2) is 5.13. The highest BCUT2D eigenvalue weighted by Gasteiger charge is 2.54. The first-order chi connectivity index (χ1) is 7.62. The predicted octanol–water partition coefficient (Wildman–Crippen LogP) is 0.296. The molecule has 1 saturated heterocycles. The van der Waals surface area contributed by atoms with Crippen molar-refractivity contribution < 1.29 is 28.6 Å². The molecule has 0 aromatic heterocycles. The van der Waals surface area contributed by atoms with Crippen molar-refractivity contribution in [3.63, 3.8) is 0 Å². The summed E-state index contributed by atoms with van der Waals surface area (Å²) in [5, 5.41) is 0.780. The van der Waals surface area contributed by atoms with Crippen molar-refractivity contribution in [2.75, 3.05) is 27.4 Å². The third-order valence-corrected chi connectivity index (χ3v) is 2.27. The van der Waals surface area contributed by atoms with Gasteiger partial charge in [-0.2, -0.15) is 0 Å². The molecule has 0 radical (unpaired) electrons. The van der Waals surface area contributed by atoms with E-state index in [1.54, 1.807) is 6.92 Å². The molecule has 1 atom stereocenters. The van der Waals surface area contributed by atoms with Gasteiger partial charge in [-0.1, -0.05) is 0 Å². The molecule has 0 bridgehead atoms. The van der Waals surface area contributed by atoms with Crippen LogP contribution in [0, 0.1) is 0 Å². The molecular formula is C9H15NO6. The summed E-state index contributed by atoms with van der Waals surface area (Å²) in [7, 11) is 2.52. The van der Waals surface area contributed by atoms with Crippen molar-refractivity contribution in [3.05, 3.63) is 0 Å². The van der Waals surface area contributed by atoms with Crippen LogP contribution in [0.5, 0.6) is 0 Å². The number of carbonyl (C=O) groups excluding carboxylic acids is 2. The van der Waals surface area contributed by atoms with E-state index in [-0.39, 0.29) is 19.6 Å². The minimum atomic E-state index is -1.54. The summed E-state index contributed by atoms with van der Waals surface area (Å²) < 4.78 is 14.4. The Kier molecular flexibility index (Phi) is 4.08. The fourth-order valence-electron chi connectivity index (χ4n) is 1.48.